The topological polar surface area (TPSA) is 39.2 Å². The van der Waals surface area contributed by atoms with Crippen LogP contribution in [-0.2, 0) is 11.8 Å². The van der Waals surface area contributed by atoms with Crippen LogP contribution in [0.2, 0.25) is 0 Å². The van der Waals surface area contributed by atoms with Crippen molar-refractivity contribution in [3.63, 3.8) is 0 Å². The summed E-state index contributed by atoms with van der Waals surface area (Å²) in [5, 5.41) is 0. The van der Waals surface area contributed by atoms with E-state index in [2.05, 4.69) is 44.2 Å². The van der Waals surface area contributed by atoms with Crippen LogP contribution in [0.4, 0.5) is 0 Å². The van der Waals surface area contributed by atoms with Crippen LogP contribution in [0, 0.1) is 0 Å². The van der Waals surface area contributed by atoms with Gasteiger partial charge in [0, 0.05) is 11.5 Å². The van der Waals surface area contributed by atoms with Gasteiger partial charge in [-0.15, -0.1) is 0 Å². The predicted octanol–water partition coefficient (Wildman–Crippen LogP) is 3.91. The molecule has 19 heavy (non-hydrogen) atoms. The fourth-order valence-electron chi connectivity index (χ4n) is 3.02. The molecule has 0 saturated carbocycles. The van der Waals surface area contributed by atoms with Crippen LogP contribution < -0.4 is 5.73 Å². The minimum Gasteiger partial charge on any atom is -0.472 e. The van der Waals surface area contributed by atoms with Gasteiger partial charge in [-0.1, -0.05) is 44.2 Å². The Bertz CT molecular complexity index is 471. The zero-order valence-electron chi connectivity index (χ0n) is 11.8. The molecular formula is C17H23NO. The van der Waals surface area contributed by atoms with E-state index in [0.29, 0.717) is 0 Å². The van der Waals surface area contributed by atoms with Crippen molar-refractivity contribution < 1.29 is 4.42 Å². The third kappa shape index (κ3) is 2.74. The highest BCUT2D eigenvalue weighted by Crippen LogP contribution is 2.35. The average Bonchev–Trinajstić information content (AvgIpc) is 2.95. The third-order valence-corrected chi connectivity index (χ3v) is 4.36. The summed E-state index contributed by atoms with van der Waals surface area (Å²) in [7, 11) is 0. The van der Waals surface area contributed by atoms with Gasteiger partial charge in [-0.25, -0.2) is 0 Å². The molecule has 1 aromatic carbocycles. The van der Waals surface area contributed by atoms with Crippen molar-refractivity contribution in [2.45, 2.75) is 44.6 Å². The maximum Gasteiger partial charge on any atom is 0.0935 e. The van der Waals surface area contributed by atoms with Gasteiger partial charge in [0.1, 0.15) is 0 Å². The Balaban J connectivity index is 2.28. The second-order valence-corrected chi connectivity index (χ2v) is 5.17. The molecule has 0 aliphatic heterocycles. The molecule has 1 heterocycles. The van der Waals surface area contributed by atoms with E-state index in [1.165, 1.54) is 11.1 Å². The van der Waals surface area contributed by atoms with Crippen molar-refractivity contribution >= 4 is 0 Å². The second kappa shape index (κ2) is 6.07. The van der Waals surface area contributed by atoms with E-state index >= 15 is 0 Å². The van der Waals surface area contributed by atoms with Gasteiger partial charge in [0.15, 0.2) is 0 Å². The minimum atomic E-state index is 0.0402. The van der Waals surface area contributed by atoms with Gasteiger partial charge in [-0.2, -0.15) is 0 Å². The molecule has 102 valence electrons. The molecule has 0 aliphatic carbocycles. The summed E-state index contributed by atoms with van der Waals surface area (Å²) < 4.78 is 5.15. The third-order valence-electron chi connectivity index (χ3n) is 4.36. The summed E-state index contributed by atoms with van der Waals surface area (Å²) in [5.41, 5.74) is 9.11. The first-order valence-corrected chi connectivity index (χ1v) is 7.05. The first-order valence-electron chi connectivity index (χ1n) is 7.05. The Labute approximate surface area is 115 Å². The predicted molar refractivity (Wildman–Crippen MR) is 79.1 cm³/mol. The Kier molecular flexibility index (Phi) is 4.43. The molecule has 2 nitrogen and oxygen atoms in total. The highest BCUT2D eigenvalue weighted by atomic mass is 16.3. The van der Waals surface area contributed by atoms with Gasteiger partial charge in [0.2, 0.25) is 0 Å². The van der Waals surface area contributed by atoms with Crippen molar-refractivity contribution in [3.05, 3.63) is 60.1 Å². The molecule has 1 aromatic heterocycles. The Morgan fingerprint density at radius 2 is 1.79 bits per heavy atom. The van der Waals surface area contributed by atoms with Gasteiger partial charge in [-0.05, 0) is 36.5 Å². The number of benzene rings is 1. The summed E-state index contributed by atoms with van der Waals surface area (Å²) in [4.78, 5) is 0. The quantitative estimate of drug-likeness (QED) is 0.852. The molecule has 2 heteroatoms. The smallest absolute Gasteiger partial charge is 0.0935 e. The number of hydrogen-bond acceptors (Lipinski definition) is 2. The Morgan fingerprint density at radius 1 is 1.11 bits per heavy atom. The van der Waals surface area contributed by atoms with Crippen LogP contribution in [0.5, 0.6) is 0 Å². The van der Waals surface area contributed by atoms with E-state index < -0.39 is 0 Å². The Morgan fingerprint density at radius 3 is 2.32 bits per heavy atom. The summed E-state index contributed by atoms with van der Waals surface area (Å²) in [6.45, 7) is 4.46. The number of furan rings is 1. The first-order chi connectivity index (χ1) is 9.23. The van der Waals surface area contributed by atoms with Crippen molar-refractivity contribution in [2.75, 3.05) is 0 Å². The van der Waals surface area contributed by atoms with E-state index in [4.69, 9.17) is 10.2 Å². The SMILES string of the molecule is CCC(CC)(c1ccccc1)C(N)Cc1ccoc1. The van der Waals surface area contributed by atoms with Crippen molar-refractivity contribution in [1.29, 1.82) is 0 Å². The fraction of sp³-hybridized carbons (Fsp3) is 0.412. The maximum atomic E-state index is 6.56. The monoisotopic (exact) mass is 257 g/mol. The van der Waals surface area contributed by atoms with Crippen LogP contribution in [0.1, 0.15) is 37.8 Å². The molecule has 0 spiro atoms. The lowest BCUT2D eigenvalue weighted by atomic mass is 9.69. The van der Waals surface area contributed by atoms with Crippen molar-refractivity contribution in [1.82, 2.24) is 0 Å². The van der Waals surface area contributed by atoms with E-state index in [9.17, 15) is 0 Å². The lowest BCUT2D eigenvalue weighted by Crippen LogP contribution is -2.46. The molecule has 0 aliphatic rings. The van der Waals surface area contributed by atoms with Gasteiger partial charge < -0.3 is 10.2 Å². The largest absolute Gasteiger partial charge is 0.472 e. The highest BCUT2D eigenvalue weighted by molar-refractivity contribution is 5.28. The van der Waals surface area contributed by atoms with Gasteiger partial charge in [0.25, 0.3) is 0 Å². The number of hydrogen-bond donors (Lipinski definition) is 1. The maximum absolute atomic E-state index is 6.56. The molecule has 2 aromatic rings. The molecule has 2 N–H and O–H groups in total. The van der Waals surface area contributed by atoms with Gasteiger partial charge in [-0.3, -0.25) is 0 Å². The first kappa shape index (κ1) is 13.9. The van der Waals surface area contributed by atoms with E-state index in [1.54, 1.807) is 12.5 Å². The molecule has 1 unspecified atom stereocenters. The van der Waals surface area contributed by atoms with Crippen LogP contribution >= 0.6 is 0 Å². The minimum absolute atomic E-state index is 0.0402. The van der Waals surface area contributed by atoms with Crippen LogP contribution in [0.3, 0.4) is 0 Å². The lowest BCUT2D eigenvalue weighted by molar-refractivity contribution is 0.314. The lowest BCUT2D eigenvalue weighted by Gasteiger charge is -2.38. The highest BCUT2D eigenvalue weighted by Gasteiger charge is 2.35. The zero-order chi connectivity index (χ0) is 13.7. The van der Waals surface area contributed by atoms with E-state index in [1.807, 2.05) is 6.07 Å². The Hall–Kier alpha value is -1.54. The summed E-state index contributed by atoms with van der Waals surface area (Å²) >= 11 is 0. The van der Waals surface area contributed by atoms with Crippen LogP contribution in [0.15, 0.2) is 53.3 Å². The average molecular weight is 257 g/mol. The molecule has 0 amide bonds. The molecule has 0 saturated heterocycles. The molecule has 0 radical (unpaired) electrons. The molecular weight excluding hydrogens is 234 g/mol. The van der Waals surface area contributed by atoms with Crippen LogP contribution in [-0.4, -0.2) is 6.04 Å². The normalized spacial score (nSPS) is 13.4. The van der Waals surface area contributed by atoms with E-state index in [-0.39, 0.29) is 11.5 Å². The standard InChI is InChI=1S/C17H23NO/c1-3-17(4-2,15-8-6-5-7-9-15)16(18)12-14-10-11-19-13-14/h5-11,13,16H,3-4,12,18H2,1-2H3. The molecule has 0 fully saturated rings. The van der Waals surface area contributed by atoms with Gasteiger partial charge in [0.05, 0.1) is 12.5 Å². The number of nitrogens with two attached hydrogens (primary N) is 1. The van der Waals surface area contributed by atoms with Crippen LogP contribution in [0.25, 0.3) is 0 Å². The van der Waals surface area contributed by atoms with Crippen molar-refractivity contribution in [3.8, 4) is 0 Å². The fourth-order valence-corrected chi connectivity index (χ4v) is 3.02. The number of rotatable bonds is 6. The molecule has 2 rings (SSSR count). The molecule has 0 bridgehead atoms. The summed E-state index contributed by atoms with van der Waals surface area (Å²) in [5.74, 6) is 0. The second-order valence-electron chi connectivity index (χ2n) is 5.17. The zero-order valence-corrected chi connectivity index (χ0v) is 11.8. The molecule has 1 atom stereocenters. The van der Waals surface area contributed by atoms with Gasteiger partial charge >= 0.3 is 0 Å². The van der Waals surface area contributed by atoms with E-state index in [0.717, 1.165) is 19.3 Å². The van der Waals surface area contributed by atoms with Crippen molar-refractivity contribution in [2.24, 2.45) is 5.73 Å². The summed E-state index contributed by atoms with van der Waals surface area (Å²) in [6, 6.07) is 12.7. The summed E-state index contributed by atoms with van der Waals surface area (Å²) in [6.07, 6.45) is 6.46.